The molecule has 0 bridgehead atoms. The number of esters is 2. The van der Waals surface area contributed by atoms with Crippen LogP contribution < -0.4 is 5.32 Å². The number of ether oxygens (including phenoxy) is 2. The summed E-state index contributed by atoms with van der Waals surface area (Å²) in [5.74, 6) is -2.88. The van der Waals surface area contributed by atoms with Crippen molar-refractivity contribution in [3.63, 3.8) is 0 Å². The van der Waals surface area contributed by atoms with E-state index < -0.39 is 34.2 Å². The molecule has 1 aromatic heterocycles. The second-order valence-corrected chi connectivity index (χ2v) is 9.65. The van der Waals surface area contributed by atoms with Crippen molar-refractivity contribution in [3.8, 4) is 0 Å². The molecule has 214 valence electrons. The average Bonchev–Trinajstić information content (AvgIpc) is 3.26. The Morgan fingerprint density at radius 1 is 1.00 bits per heavy atom. The maximum Gasteiger partial charge on any atom is 0.348 e. The molecular formula is C28H28N4O8S. The first-order valence-electron chi connectivity index (χ1n) is 12.4. The van der Waals surface area contributed by atoms with Crippen molar-refractivity contribution < 1.29 is 33.9 Å². The van der Waals surface area contributed by atoms with Crippen molar-refractivity contribution in [1.29, 1.82) is 0 Å². The predicted molar refractivity (Wildman–Crippen MR) is 153 cm³/mol. The van der Waals surface area contributed by atoms with Crippen LogP contribution >= 0.6 is 11.3 Å². The number of nitro benzene ring substituents is 1. The summed E-state index contributed by atoms with van der Waals surface area (Å²) in [6, 6.07) is 10.2. The first-order chi connectivity index (χ1) is 19.5. The SMILES string of the molecule is CCOC(=O)c1sc(N=N/C(C(=O)Nc2ccc(C)cc2C)=C(/O)c2ccc([N+](=O)[O-])cc2)c(C(=O)OCC)c1C. The molecule has 0 spiro atoms. The van der Waals surface area contributed by atoms with Crippen molar-refractivity contribution >= 4 is 51.3 Å². The van der Waals surface area contributed by atoms with Gasteiger partial charge in [0, 0.05) is 23.4 Å². The molecule has 0 radical (unpaired) electrons. The van der Waals surface area contributed by atoms with Crippen LogP contribution in [0.2, 0.25) is 0 Å². The highest BCUT2D eigenvalue weighted by Crippen LogP contribution is 2.37. The second kappa shape index (κ2) is 13.4. The fraction of sp³-hybridized carbons (Fsp3) is 0.250. The molecule has 0 saturated heterocycles. The van der Waals surface area contributed by atoms with Crippen LogP contribution in [0.25, 0.3) is 5.76 Å². The van der Waals surface area contributed by atoms with Crippen molar-refractivity contribution in [3.05, 3.63) is 91.0 Å². The standard InChI is InChI=1S/C28H28N4O8S/c1-6-39-27(35)21-17(5)24(28(36)40-7-2)41-26(21)31-30-22(23(33)18-9-11-19(12-10-18)32(37)38)25(34)29-20-13-8-15(3)14-16(20)4/h8-14,33H,6-7H2,1-5H3,(H,29,34)/b23-22+,31-30?. The Kier molecular flexibility index (Phi) is 10.0. The monoisotopic (exact) mass is 580 g/mol. The Morgan fingerprint density at radius 2 is 1.63 bits per heavy atom. The molecule has 1 heterocycles. The number of aliphatic hydroxyl groups is 1. The third-order valence-corrected chi connectivity index (χ3v) is 6.89. The van der Waals surface area contributed by atoms with Crippen molar-refractivity contribution in [2.24, 2.45) is 10.2 Å². The maximum atomic E-state index is 13.4. The van der Waals surface area contributed by atoms with Gasteiger partial charge in [-0.2, -0.15) is 0 Å². The number of hydrogen-bond acceptors (Lipinski definition) is 11. The quantitative estimate of drug-likeness (QED) is 0.0676. The van der Waals surface area contributed by atoms with Gasteiger partial charge >= 0.3 is 11.9 Å². The number of nitrogens with zero attached hydrogens (tertiary/aromatic N) is 3. The number of thiophene rings is 1. The highest BCUT2D eigenvalue weighted by atomic mass is 32.1. The normalized spacial score (nSPS) is 11.6. The number of benzene rings is 2. The van der Waals surface area contributed by atoms with Gasteiger partial charge < -0.3 is 19.9 Å². The number of hydrogen-bond donors (Lipinski definition) is 2. The number of nitro groups is 1. The molecule has 0 unspecified atom stereocenters. The fourth-order valence-corrected chi connectivity index (χ4v) is 4.72. The first-order valence-corrected chi connectivity index (χ1v) is 13.3. The summed E-state index contributed by atoms with van der Waals surface area (Å²) in [5, 5.41) is 32.8. The summed E-state index contributed by atoms with van der Waals surface area (Å²) in [6.45, 7) is 8.65. The fourth-order valence-electron chi connectivity index (χ4n) is 3.71. The average molecular weight is 581 g/mol. The molecule has 3 aromatic rings. The highest BCUT2D eigenvalue weighted by Gasteiger charge is 2.27. The van der Waals surface area contributed by atoms with Crippen LogP contribution in [0.3, 0.4) is 0 Å². The van der Waals surface area contributed by atoms with Gasteiger partial charge in [0.1, 0.15) is 10.4 Å². The van der Waals surface area contributed by atoms with Gasteiger partial charge in [0.15, 0.2) is 16.5 Å². The van der Waals surface area contributed by atoms with Crippen LogP contribution in [0, 0.1) is 30.9 Å². The number of azo groups is 1. The van der Waals surface area contributed by atoms with E-state index in [1.807, 2.05) is 13.0 Å². The van der Waals surface area contributed by atoms with Gasteiger partial charge in [-0.1, -0.05) is 17.7 Å². The van der Waals surface area contributed by atoms with Gasteiger partial charge in [0.05, 0.1) is 18.1 Å². The van der Waals surface area contributed by atoms with Gasteiger partial charge in [-0.15, -0.1) is 21.6 Å². The smallest absolute Gasteiger partial charge is 0.348 e. The molecule has 0 saturated carbocycles. The maximum absolute atomic E-state index is 13.4. The number of amides is 1. The number of aliphatic hydroxyl groups excluding tert-OH is 1. The first kappa shape index (κ1) is 30.6. The van der Waals surface area contributed by atoms with Crippen LogP contribution in [0.5, 0.6) is 0 Å². The molecule has 2 aromatic carbocycles. The van der Waals surface area contributed by atoms with Crippen LogP contribution in [-0.4, -0.2) is 41.1 Å². The summed E-state index contributed by atoms with van der Waals surface area (Å²) >= 11 is 0.816. The van der Waals surface area contributed by atoms with Crippen molar-refractivity contribution in [1.82, 2.24) is 0 Å². The van der Waals surface area contributed by atoms with E-state index in [0.717, 1.165) is 34.6 Å². The third-order valence-electron chi connectivity index (χ3n) is 5.73. The minimum atomic E-state index is -0.840. The topological polar surface area (TPSA) is 170 Å². The number of aryl methyl sites for hydroxylation is 2. The van der Waals surface area contributed by atoms with Crippen LogP contribution in [-0.2, 0) is 14.3 Å². The Labute approximate surface area is 239 Å². The molecule has 13 heteroatoms. The van der Waals surface area contributed by atoms with E-state index in [2.05, 4.69) is 15.5 Å². The minimum absolute atomic E-state index is 0.0346. The highest BCUT2D eigenvalue weighted by molar-refractivity contribution is 7.18. The molecule has 1 amide bonds. The zero-order chi connectivity index (χ0) is 30.3. The molecule has 3 rings (SSSR count). The summed E-state index contributed by atoms with van der Waals surface area (Å²) in [5.41, 5.74) is 1.71. The van der Waals surface area contributed by atoms with Crippen LogP contribution in [0.1, 0.15) is 56.1 Å². The van der Waals surface area contributed by atoms with Crippen molar-refractivity contribution in [2.45, 2.75) is 34.6 Å². The lowest BCUT2D eigenvalue weighted by molar-refractivity contribution is -0.384. The number of carbonyl (C=O) groups is 3. The number of nitrogens with one attached hydrogen (secondary N) is 1. The zero-order valence-corrected chi connectivity index (χ0v) is 23.8. The lowest BCUT2D eigenvalue weighted by Gasteiger charge is -2.10. The molecule has 0 fully saturated rings. The number of rotatable bonds is 10. The third kappa shape index (κ3) is 7.19. The van der Waals surface area contributed by atoms with Gasteiger partial charge in [0.25, 0.3) is 11.6 Å². The Morgan fingerprint density at radius 3 is 2.22 bits per heavy atom. The Bertz CT molecular complexity index is 1560. The van der Waals surface area contributed by atoms with E-state index in [-0.39, 0.29) is 45.5 Å². The second-order valence-electron chi connectivity index (χ2n) is 8.65. The largest absolute Gasteiger partial charge is 0.505 e. The molecule has 2 N–H and O–H groups in total. The molecule has 41 heavy (non-hydrogen) atoms. The van der Waals surface area contributed by atoms with E-state index in [1.54, 1.807) is 32.9 Å². The van der Waals surface area contributed by atoms with E-state index >= 15 is 0 Å². The van der Waals surface area contributed by atoms with Crippen LogP contribution in [0.15, 0.2) is 58.4 Å². The zero-order valence-electron chi connectivity index (χ0n) is 23.0. The Hall–Kier alpha value is -4.91. The summed E-state index contributed by atoms with van der Waals surface area (Å²) in [7, 11) is 0. The molecule has 0 aliphatic rings. The molecule has 12 nitrogen and oxygen atoms in total. The predicted octanol–water partition coefficient (Wildman–Crippen LogP) is 6.58. The van der Waals surface area contributed by atoms with Crippen molar-refractivity contribution in [2.75, 3.05) is 18.5 Å². The molecule has 0 aliphatic carbocycles. The van der Waals surface area contributed by atoms with Gasteiger partial charge in [0.2, 0.25) is 0 Å². The molecular weight excluding hydrogens is 552 g/mol. The van der Waals surface area contributed by atoms with Gasteiger partial charge in [-0.25, -0.2) is 9.59 Å². The van der Waals surface area contributed by atoms with Gasteiger partial charge in [-0.3, -0.25) is 14.9 Å². The minimum Gasteiger partial charge on any atom is -0.505 e. The van der Waals surface area contributed by atoms with E-state index in [9.17, 15) is 29.6 Å². The lowest BCUT2D eigenvalue weighted by Crippen LogP contribution is -2.15. The molecule has 0 aliphatic heterocycles. The van der Waals surface area contributed by atoms with E-state index in [1.165, 1.54) is 19.1 Å². The summed E-state index contributed by atoms with van der Waals surface area (Å²) < 4.78 is 10.2. The van der Waals surface area contributed by atoms with Gasteiger partial charge in [-0.05, 0) is 63.9 Å². The number of non-ortho nitro benzene ring substituents is 1. The van der Waals surface area contributed by atoms with Crippen LogP contribution in [0.4, 0.5) is 16.4 Å². The number of carbonyl (C=O) groups excluding carboxylic acids is 3. The summed E-state index contributed by atoms with van der Waals surface area (Å²) in [4.78, 5) is 49.2. The molecule has 0 atom stereocenters. The Balaban J connectivity index is 2.15. The lowest BCUT2D eigenvalue weighted by atomic mass is 10.1. The summed E-state index contributed by atoms with van der Waals surface area (Å²) in [6.07, 6.45) is 0. The van der Waals surface area contributed by atoms with E-state index in [0.29, 0.717) is 5.69 Å². The number of anilines is 1. The van der Waals surface area contributed by atoms with E-state index in [4.69, 9.17) is 9.47 Å².